The van der Waals surface area contributed by atoms with Crippen LogP contribution in [0.3, 0.4) is 0 Å². The van der Waals surface area contributed by atoms with Crippen molar-refractivity contribution in [3.05, 3.63) is 102 Å². The Labute approximate surface area is 215 Å². The molecule has 1 heterocycles. The Balaban J connectivity index is 1.52. The smallest absolute Gasteiger partial charge is 0.335 e. The number of rotatable bonds is 6. The summed E-state index contributed by atoms with van der Waals surface area (Å²) in [6.45, 7) is 0.183. The molecule has 11 heteroatoms. The Kier molecular flexibility index (Phi) is 7.08. The maximum atomic E-state index is 13.0. The molecule has 0 bridgehead atoms. The van der Waals surface area contributed by atoms with Gasteiger partial charge in [-0.1, -0.05) is 22.0 Å². The number of amides is 4. The average molecular weight is 601 g/mol. The van der Waals surface area contributed by atoms with Crippen LogP contribution in [0.4, 0.5) is 16.2 Å². The van der Waals surface area contributed by atoms with Crippen LogP contribution in [0.1, 0.15) is 11.1 Å². The number of urea groups is 1. The highest BCUT2D eigenvalue weighted by Gasteiger charge is 2.36. The number of hydrogen-bond acceptors (Lipinski definition) is 6. The minimum atomic E-state index is -0.823. The fourth-order valence-electron chi connectivity index (χ4n) is 3.25. The Hall–Kier alpha value is -3.83. The quantitative estimate of drug-likeness (QED) is 0.176. The molecular weight excluding hydrogens is 586 g/mol. The molecule has 0 unspecified atom stereocenters. The summed E-state index contributed by atoms with van der Waals surface area (Å²) < 4.78 is 7.11. The van der Waals surface area contributed by atoms with Crippen LogP contribution in [-0.2, 0) is 16.2 Å². The number of nitro groups is 1. The minimum absolute atomic E-state index is 0.00554. The third-order valence-corrected chi connectivity index (χ3v) is 6.14. The van der Waals surface area contributed by atoms with Crippen molar-refractivity contribution in [1.82, 2.24) is 5.32 Å². The van der Waals surface area contributed by atoms with E-state index >= 15 is 0 Å². The molecule has 176 valence electrons. The van der Waals surface area contributed by atoms with Crippen molar-refractivity contribution in [2.24, 2.45) is 0 Å². The number of barbiturate groups is 1. The van der Waals surface area contributed by atoms with Gasteiger partial charge in [-0.2, -0.15) is 0 Å². The van der Waals surface area contributed by atoms with Crippen LogP contribution in [0, 0.1) is 10.1 Å². The lowest BCUT2D eigenvalue weighted by molar-refractivity contribution is -0.384. The molecule has 3 aromatic carbocycles. The lowest BCUT2D eigenvalue weighted by Gasteiger charge is -2.26. The molecule has 1 saturated heterocycles. The largest absolute Gasteiger partial charge is 0.488 e. The maximum Gasteiger partial charge on any atom is 0.335 e. The highest BCUT2D eigenvalue weighted by molar-refractivity contribution is 9.10. The van der Waals surface area contributed by atoms with Gasteiger partial charge >= 0.3 is 6.03 Å². The van der Waals surface area contributed by atoms with E-state index in [9.17, 15) is 24.5 Å². The molecule has 0 aromatic heterocycles. The first kappa shape index (κ1) is 24.3. The number of anilines is 1. The van der Waals surface area contributed by atoms with Gasteiger partial charge in [-0.25, -0.2) is 9.69 Å². The lowest BCUT2D eigenvalue weighted by atomic mass is 10.1. The van der Waals surface area contributed by atoms with Crippen molar-refractivity contribution < 1.29 is 24.0 Å². The van der Waals surface area contributed by atoms with Crippen molar-refractivity contribution in [3.63, 3.8) is 0 Å². The van der Waals surface area contributed by atoms with Gasteiger partial charge in [-0.15, -0.1) is 0 Å². The normalized spacial score (nSPS) is 14.7. The van der Waals surface area contributed by atoms with E-state index in [0.29, 0.717) is 21.5 Å². The van der Waals surface area contributed by atoms with E-state index in [1.54, 1.807) is 54.6 Å². The topological polar surface area (TPSA) is 119 Å². The van der Waals surface area contributed by atoms with E-state index in [4.69, 9.17) is 4.74 Å². The number of nitrogens with one attached hydrogen (secondary N) is 1. The van der Waals surface area contributed by atoms with Gasteiger partial charge in [0.1, 0.15) is 17.9 Å². The average Bonchev–Trinajstić information content (AvgIpc) is 2.82. The number of imide groups is 2. The molecule has 0 aliphatic carbocycles. The number of non-ortho nitro benzene ring substituents is 1. The summed E-state index contributed by atoms with van der Waals surface area (Å²) in [5, 5.41) is 13.0. The van der Waals surface area contributed by atoms with Gasteiger partial charge in [-0.05, 0) is 81.7 Å². The molecule has 4 amide bonds. The van der Waals surface area contributed by atoms with E-state index < -0.39 is 22.8 Å². The Morgan fingerprint density at radius 2 is 1.66 bits per heavy atom. The van der Waals surface area contributed by atoms with Gasteiger partial charge in [0.05, 0.1) is 15.1 Å². The molecule has 9 nitrogen and oxygen atoms in total. The van der Waals surface area contributed by atoms with E-state index in [-0.39, 0.29) is 17.9 Å². The maximum absolute atomic E-state index is 13.0. The van der Waals surface area contributed by atoms with Crippen molar-refractivity contribution in [3.8, 4) is 5.75 Å². The van der Waals surface area contributed by atoms with Crippen molar-refractivity contribution in [1.29, 1.82) is 0 Å². The highest BCUT2D eigenvalue weighted by Crippen LogP contribution is 2.29. The molecule has 0 spiro atoms. The van der Waals surface area contributed by atoms with Crippen LogP contribution in [0.2, 0.25) is 0 Å². The van der Waals surface area contributed by atoms with Crippen LogP contribution in [0.25, 0.3) is 6.08 Å². The zero-order valence-corrected chi connectivity index (χ0v) is 20.9. The summed E-state index contributed by atoms with van der Waals surface area (Å²) in [6.07, 6.45) is 1.39. The van der Waals surface area contributed by atoms with Crippen LogP contribution >= 0.6 is 31.9 Å². The Morgan fingerprint density at radius 3 is 2.29 bits per heavy atom. The van der Waals surface area contributed by atoms with Gasteiger partial charge in [0.2, 0.25) is 0 Å². The Bertz CT molecular complexity index is 1370. The zero-order chi connectivity index (χ0) is 25.1. The molecule has 1 aliphatic rings. The van der Waals surface area contributed by atoms with Crippen LogP contribution in [0.5, 0.6) is 5.75 Å². The summed E-state index contributed by atoms with van der Waals surface area (Å²) in [4.78, 5) is 48.9. The third kappa shape index (κ3) is 5.47. The number of halogens is 2. The van der Waals surface area contributed by atoms with Crippen molar-refractivity contribution in [2.45, 2.75) is 6.61 Å². The van der Waals surface area contributed by atoms with E-state index in [1.807, 2.05) is 0 Å². The molecule has 35 heavy (non-hydrogen) atoms. The van der Waals surface area contributed by atoms with Gasteiger partial charge in [0.25, 0.3) is 17.5 Å². The second kappa shape index (κ2) is 10.2. The second-order valence-electron chi connectivity index (χ2n) is 7.34. The fraction of sp³-hybridized carbons (Fsp3) is 0.0417. The molecule has 3 aromatic rings. The van der Waals surface area contributed by atoms with Gasteiger partial charge in [0.15, 0.2) is 0 Å². The van der Waals surface area contributed by atoms with E-state index in [1.165, 1.54) is 18.2 Å². The van der Waals surface area contributed by atoms with Crippen molar-refractivity contribution in [2.75, 3.05) is 4.90 Å². The molecule has 1 aliphatic heterocycles. The molecule has 4 rings (SSSR count). The number of benzene rings is 3. The fourth-order valence-corrected chi connectivity index (χ4v) is 4.02. The van der Waals surface area contributed by atoms with Crippen LogP contribution in [-0.4, -0.2) is 22.8 Å². The Morgan fingerprint density at radius 1 is 0.971 bits per heavy atom. The van der Waals surface area contributed by atoms with Crippen LogP contribution < -0.4 is 15.0 Å². The molecule has 0 atom stereocenters. The molecule has 0 radical (unpaired) electrons. The summed E-state index contributed by atoms with van der Waals surface area (Å²) in [5.74, 6) is -1.03. The molecule has 1 fully saturated rings. The van der Waals surface area contributed by atoms with Gasteiger partial charge in [0, 0.05) is 16.6 Å². The summed E-state index contributed by atoms with van der Waals surface area (Å²) in [6, 6.07) is 16.7. The predicted molar refractivity (Wildman–Crippen MR) is 135 cm³/mol. The lowest BCUT2D eigenvalue weighted by Crippen LogP contribution is -2.54. The number of ether oxygens (including phenoxy) is 1. The minimum Gasteiger partial charge on any atom is -0.488 e. The zero-order valence-electron chi connectivity index (χ0n) is 17.7. The standard InChI is InChI=1S/C24H15Br2N3O6/c25-16-4-8-17(9-5-16)28-23(31)19(22(30)27-24(28)32)11-15-3-10-21(20(26)12-15)35-13-14-1-6-18(7-2-14)29(33)34/h1-12H,13H2,(H,27,30,32)/b19-11+. The van der Waals surface area contributed by atoms with Crippen LogP contribution in [0.15, 0.2) is 81.2 Å². The van der Waals surface area contributed by atoms with Gasteiger partial charge < -0.3 is 4.74 Å². The summed E-state index contributed by atoms with van der Waals surface area (Å²) in [7, 11) is 0. The number of nitro benzene ring substituents is 1. The van der Waals surface area contributed by atoms with Crippen molar-refractivity contribution >= 4 is 67.2 Å². The SMILES string of the molecule is O=C1NC(=O)N(c2ccc(Br)cc2)C(=O)/C1=C/c1ccc(OCc2ccc([N+](=O)[O-])cc2)c(Br)c1. The number of carbonyl (C=O) groups excluding carboxylic acids is 3. The van der Waals surface area contributed by atoms with E-state index in [2.05, 4.69) is 37.2 Å². The number of nitrogens with zero attached hydrogens (tertiary/aromatic N) is 2. The van der Waals surface area contributed by atoms with Gasteiger partial charge in [-0.3, -0.25) is 25.0 Å². The monoisotopic (exact) mass is 599 g/mol. The third-order valence-electron chi connectivity index (χ3n) is 4.99. The first-order valence-corrected chi connectivity index (χ1v) is 11.6. The van der Waals surface area contributed by atoms with E-state index in [0.717, 1.165) is 14.9 Å². The number of carbonyl (C=O) groups is 3. The molecule has 1 N–H and O–H groups in total. The molecule has 0 saturated carbocycles. The molecular formula is C24H15Br2N3O6. The number of hydrogen-bond donors (Lipinski definition) is 1. The first-order valence-electron chi connectivity index (χ1n) is 10.1. The second-order valence-corrected chi connectivity index (χ2v) is 9.11. The summed E-state index contributed by atoms with van der Waals surface area (Å²) in [5.41, 5.74) is 1.40. The predicted octanol–water partition coefficient (Wildman–Crippen LogP) is 5.37. The highest BCUT2D eigenvalue weighted by atomic mass is 79.9. The summed E-state index contributed by atoms with van der Waals surface area (Å²) >= 11 is 6.71. The first-order chi connectivity index (χ1) is 16.7.